The van der Waals surface area contributed by atoms with Crippen LogP contribution in [-0.2, 0) is 0 Å². The number of hydrogen-bond donors (Lipinski definition) is 2. The van der Waals surface area contributed by atoms with E-state index in [2.05, 4.69) is 4.98 Å². The van der Waals surface area contributed by atoms with Crippen LogP contribution in [-0.4, -0.2) is 16.8 Å². The number of rotatable bonds is 3. The molecule has 22 heavy (non-hydrogen) atoms. The number of amidine groups is 1. The maximum Gasteiger partial charge on any atom is 0.343 e. The van der Waals surface area contributed by atoms with E-state index in [0.29, 0.717) is 5.56 Å². The second kappa shape index (κ2) is 5.53. The van der Waals surface area contributed by atoms with E-state index in [-0.39, 0.29) is 17.1 Å². The first-order valence-corrected chi connectivity index (χ1v) is 7.12. The van der Waals surface area contributed by atoms with Crippen molar-refractivity contribution in [2.75, 3.05) is 0 Å². The number of halogens is 1. The van der Waals surface area contributed by atoms with E-state index in [0.717, 1.165) is 16.3 Å². The van der Waals surface area contributed by atoms with Gasteiger partial charge in [0.2, 0.25) is 0 Å². The van der Waals surface area contributed by atoms with Crippen LogP contribution in [0.2, 0.25) is 0 Å². The van der Waals surface area contributed by atoms with Gasteiger partial charge >= 0.3 is 5.97 Å². The first kappa shape index (κ1) is 14.2. The molecule has 110 valence electrons. The predicted octanol–water partition coefficient (Wildman–Crippen LogP) is 2.94. The van der Waals surface area contributed by atoms with E-state index >= 15 is 0 Å². The third-order valence-electron chi connectivity index (χ3n) is 3.01. The lowest BCUT2D eigenvalue weighted by molar-refractivity contribution is 0.0728. The Morgan fingerprint density at radius 2 is 2.00 bits per heavy atom. The number of carbonyl (C=O) groups is 1. The van der Waals surface area contributed by atoms with Crippen LogP contribution >= 0.6 is 11.3 Å². The SMILES string of the molecule is N=C(N)c1ccc(OC(=O)c2ccc3ncsc3c2)c(F)c1. The molecule has 0 aliphatic heterocycles. The van der Waals surface area contributed by atoms with Crippen molar-refractivity contribution in [1.82, 2.24) is 4.98 Å². The number of nitrogens with two attached hydrogens (primary N) is 1. The molecular weight excluding hydrogens is 305 g/mol. The first-order valence-electron chi connectivity index (χ1n) is 6.24. The summed E-state index contributed by atoms with van der Waals surface area (Å²) in [5.74, 6) is -1.88. The van der Waals surface area contributed by atoms with E-state index in [1.807, 2.05) is 0 Å². The van der Waals surface area contributed by atoms with Gasteiger partial charge < -0.3 is 10.5 Å². The number of hydrogen-bond acceptors (Lipinski definition) is 5. The normalized spacial score (nSPS) is 10.6. The van der Waals surface area contributed by atoms with Crippen LogP contribution in [0.25, 0.3) is 10.2 Å². The molecule has 7 heteroatoms. The summed E-state index contributed by atoms with van der Waals surface area (Å²) in [5, 5.41) is 7.24. The zero-order valence-corrected chi connectivity index (χ0v) is 12.0. The molecule has 3 N–H and O–H groups in total. The van der Waals surface area contributed by atoms with Crippen molar-refractivity contribution >= 4 is 33.4 Å². The number of benzene rings is 2. The molecule has 0 bridgehead atoms. The maximum absolute atomic E-state index is 13.9. The third-order valence-corrected chi connectivity index (χ3v) is 3.80. The Morgan fingerprint density at radius 1 is 1.23 bits per heavy atom. The zero-order chi connectivity index (χ0) is 15.7. The number of nitrogen functional groups attached to an aromatic ring is 1. The largest absolute Gasteiger partial charge is 0.420 e. The molecule has 0 saturated heterocycles. The summed E-state index contributed by atoms with van der Waals surface area (Å²) in [6.07, 6.45) is 0. The van der Waals surface area contributed by atoms with E-state index in [4.69, 9.17) is 15.9 Å². The highest BCUT2D eigenvalue weighted by atomic mass is 32.1. The Balaban J connectivity index is 1.85. The molecule has 2 aromatic carbocycles. The van der Waals surface area contributed by atoms with Crippen molar-refractivity contribution in [2.24, 2.45) is 5.73 Å². The van der Waals surface area contributed by atoms with Crippen LogP contribution in [0.5, 0.6) is 5.75 Å². The van der Waals surface area contributed by atoms with Gasteiger partial charge in [-0.3, -0.25) is 5.41 Å². The molecule has 3 rings (SSSR count). The molecule has 0 saturated carbocycles. The number of nitrogens with one attached hydrogen (secondary N) is 1. The average Bonchev–Trinajstić information content (AvgIpc) is 2.96. The van der Waals surface area contributed by atoms with Crippen molar-refractivity contribution < 1.29 is 13.9 Å². The van der Waals surface area contributed by atoms with Crippen molar-refractivity contribution in [3.05, 3.63) is 58.9 Å². The number of ether oxygens (including phenoxy) is 1. The number of nitrogens with zero attached hydrogens (tertiary/aromatic N) is 1. The van der Waals surface area contributed by atoms with Crippen LogP contribution in [0.15, 0.2) is 41.9 Å². The van der Waals surface area contributed by atoms with Gasteiger partial charge in [-0.25, -0.2) is 14.2 Å². The van der Waals surface area contributed by atoms with Crippen LogP contribution in [0.3, 0.4) is 0 Å². The fraction of sp³-hybridized carbons (Fsp3) is 0. The Bertz CT molecular complexity index is 891. The van der Waals surface area contributed by atoms with Crippen molar-refractivity contribution in [1.29, 1.82) is 5.41 Å². The second-order valence-electron chi connectivity index (χ2n) is 4.48. The molecule has 0 amide bonds. The van der Waals surface area contributed by atoms with Crippen molar-refractivity contribution in [2.45, 2.75) is 0 Å². The van der Waals surface area contributed by atoms with E-state index in [1.54, 1.807) is 23.7 Å². The van der Waals surface area contributed by atoms with Crippen LogP contribution in [0, 0.1) is 11.2 Å². The molecule has 0 aliphatic rings. The smallest absolute Gasteiger partial charge is 0.343 e. The summed E-state index contributed by atoms with van der Waals surface area (Å²) in [7, 11) is 0. The lowest BCUT2D eigenvalue weighted by atomic mass is 10.2. The topological polar surface area (TPSA) is 89.1 Å². The van der Waals surface area contributed by atoms with Crippen LogP contribution in [0.1, 0.15) is 15.9 Å². The number of carbonyl (C=O) groups excluding carboxylic acids is 1. The van der Waals surface area contributed by atoms with E-state index in [1.165, 1.54) is 23.5 Å². The molecule has 5 nitrogen and oxygen atoms in total. The summed E-state index contributed by atoms with van der Waals surface area (Å²) >= 11 is 1.40. The van der Waals surface area contributed by atoms with Gasteiger partial charge in [-0.05, 0) is 36.4 Å². The van der Waals surface area contributed by atoms with Gasteiger partial charge in [-0.1, -0.05) is 0 Å². The van der Waals surface area contributed by atoms with Gasteiger partial charge in [-0.2, -0.15) is 0 Å². The summed E-state index contributed by atoms with van der Waals surface area (Å²) in [6, 6.07) is 8.67. The molecule has 0 unspecified atom stereocenters. The average molecular weight is 315 g/mol. The van der Waals surface area contributed by atoms with Crippen LogP contribution in [0.4, 0.5) is 4.39 Å². The molecule has 0 radical (unpaired) electrons. The van der Waals surface area contributed by atoms with E-state index < -0.39 is 11.8 Å². The zero-order valence-electron chi connectivity index (χ0n) is 11.2. The highest BCUT2D eigenvalue weighted by molar-refractivity contribution is 7.16. The number of esters is 1. The van der Waals surface area contributed by atoms with Gasteiger partial charge in [0.25, 0.3) is 0 Å². The van der Waals surface area contributed by atoms with Gasteiger partial charge in [0.1, 0.15) is 5.84 Å². The standard InChI is InChI=1S/C15H10FN3O2S/c16-10-5-8(14(17)18)2-4-12(10)21-15(20)9-1-3-11-13(6-9)22-7-19-11/h1-7H,(H3,17,18). The monoisotopic (exact) mass is 315 g/mol. The van der Waals surface area contributed by atoms with Gasteiger partial charge in [0, 0.05) is 5.56 Å². The molecule has 0 aliphatic carbocycles. The van der Waals surface area contributed by atoms with Gasteiger partial charge in [0.15, 0.2) is 11.6 Å². The first-order chi connectivity index (χ1) is 10.5. The summed E-state index contributed by atoms with van der Waals surface area (Å²) < 4.78 is 19.8. The highest BCUT2D eigenvalue weighted by Crippen LogP contribution is 2.22. The second-order valence-corrected chi connectivity index (χ2v) is 5.37. The highest BCUT2D eigenvalue weighted by Gasteiger charge is 2.14. The Kier molecular flexibility index (Phi) is 3.56. The molecule has 0 fully saturated rings. The van der Waals surface area contributed by atoms with Crippen molar-refractivity contribution in [3.8, 4) is 5.75 Å². The number of fused-ring (bicyclic) bond motifs is 1. The third kappa shape index (κ3) is 2.66. The number of aromatic nitrogens is 1. The van der Waals surface area contributed by atoms with Crippen molar-refractivity contribution in [3.63, 3.8) is 0 Å². The maximum atomic E-state index is 13.9. The van der Waals surface area contributed by atoms with Gasteiger partial charge in [-0.15, -0.1) is 11.3 Å². The Labute approximate surface area is 128 Å². The molecule has 0 spiro atoms. The Morgan fingerprint density at radius 3 is 2.73 bits per heavy atom. The minimum Gasteiger partial charge on any atom is -0.420 e. The lowest BCUT2D eigenvalue weighted by Gasteiger charge is -2.07. The van der Waals surface area contributed by atoms with E-state index in [9.17, 15) is 9.18 Å². The molecule has 3 aromatic rings. The quantitative estimate of drug-likeness (QED) is 0.336. The molecule has 1 heterocycles. The molecule has 1 aromatic heterocycles. The fourth-order valence-electron chi connectivity index (χ4n) is 1.89. The minimum atomic E-state index is -0.750. The minimum absolute atomic E-state index is 0.209. The summed E-state index contributed by atoms with van der Waals surface area (Å²) in [5.41, 5.74) is 8.28. The fourth-order valence-corrected chi connectivity index (χ4v) is 2.61. The summed E-state index contributed by atoms with van der Waals surface area (Å²) in [6.45, 7) is 0. The molecular formula is C15H10FN3O2S. The lowest BCUT2D eigenvalue weighted by Crippen LogP contribution is -2.13. The van der Waals surface area contributed by atoms with Gasteiger partial charge in [0.05, 0.1) is 21.3 Å². The van der Waals surface area contributed by atoms with Crippen LogP contribution < -0.4 is 10.5 Å². The summed E-state index contributed by atoms with van der Waals surface area (Å²) in [4.78, 5) is 16.2. The Hall–Kier alpha value is -2.80. The number of thiazole rings is 1. The molecule has 0 atom stereocenters. The predicted molar refractivity (Wildman–Crippen MR) is 82.0 cm³/mol.